The molecule has 0 heterocycles. The van der Waals surface area contributed by atoms with Crippen LogP contribution in [0.3, 0.4) is 0 Å². The standard InChI is InChI=1S/C15H14BrNOS/c1-11(16)15(18)17-13-9-5-6-10-14(13)19-12-7-3-2-4-8-12/h2-11H,1H3,(H,17,18). The Hall–Kier alpha value is -1.26. The smallest absolute Gasteiger partial charge is 0.237 e. The summed E-state index contributed by atoms with van der Waals surface area (Å²) in [6.07, 6.45) is 0. The summed E-state index contributed by atoms with van der Waals surface area (Å²) in [7, 11) is 0. The fourth-order valence-electron chi connectivity index (χ4n) is 1.51. The summed E-state index contributed by atoms with van der Waals surface area (Å²) >= 11 is 4.91. The first kappa shape index (κ1) is 14.2. The van der Waals surface area contributed by atoms with E-state index in [0.29, 0.717) is 0 Å². The van der Waals surface area contributed by atoms with Crippen molar-refractivity contribution in [3.05, 3.63) is 54.6 Å². The van der Waals surface area contributed by atoms with E-state index in [2.05, 4.69) is 33.4 Å². The first-order valence-electron chi connectivity index (χ1n) is 5.93. The van der Waals surface area contributed by atoms with Gasteiger partial charge in [0.05, 0.1) is 10.5 Å². The van der Waals surface area contributed by atoms with Crippen LogP contribution in [0.4, 0.5) is 5.69 Å². The third-order valence-corrected chi connectivity index (χ3v) is 3.98. The summed E-state index contributed by atoms with van der Waals surface area (Å²) in [4.78, 5) is 13.7. The summed E-state index contributed by atoms with van der Waals surface area (Å²) in [6.45, 7) is 1.81. The fourth-order valence-corrected chi connectivity index (χ4v) is 2.54. The van der Waals surface area contributed by atoms with Crippen LogP contribution in [0.15, 0.2) is 64.4 Å². The first-order chi connectivity index (χ1) is 9.16. The van der Waals surface area contributed by atoms with Crippen LogP contribution in [0.1, 0.15) is 6.92 Å². The number of carbonyl (C=O) groups excluding carboxylic acids is 1. The molecule has 0 saturated heterocycles. The number of carbonyl (C=O) groups is 1. The summed E-state index contributed by atoms with van der Waals surface area (Å²) < 4.78 is 0. The van der Waals surface area contributed by atoms with Crippen molar-refractivity contribution in [2.75, 3.05) is 5.32 Å². The number of hydrogen-bond acceptors (Lipinski definition) is 2. The van der Waals surface area contributed by atoms with Gasteiger partial charge in [-0.25, -0.2) is 0 Å². The molecule has 4 heteroatoms. The lowest BCUT2D eigenvalue weighted by atomic mass is 10.3. The second-order valence-electron chi connectivity index (χ2n) is 4.02. The summed E-state index contributed by atoms with van der Waals surface area (Å²) in [6, 6.07) is 17.9. The Bertz CT molecular complexity index is 557. The van der Waals surface area contributed by atoms with E-state index in [0.717, 1.165) is 15.5 Å². The van der Waals surface area contributed by atoms with Crippen molar-refractivity contribution >= 4 is 39.3 Å². The number of alkyl halides is 1. The first-order valence-corrected chi connectivity index (χ1v) is 7.67. The van der Waals surface area contributed by atoms with E-state index in [1.807, 2.05) is 49.4 Å². The molecule has 0 aliphatic carbocycles. The van der Waals surface area contributed by atoms with Crippen LogP contribution in [-0.2, 0) is 4.79 Å². The molecule has 2 aromatic rings. The maximum absolute atomic E-state index is 11.7. The molecule has 2 aromatic carbocycles. The molecule has 0 fully saturated rings. The van der Waals surface area contributed by atoms with Crippen molar-refractivity contribution < 1.29 is 4.79 Å². The third-order valence-electron chi connectivity index (χ3n) is 2.48. The number of hydrogen-bond donors (Lipinski definition) is 1. The average molecular weight is 336 g/mol. The average Bonchev–Trinajstić information content (AvgIpc) is 2.42. The van der Waals surface area contributed by atoms with Gasteiger partial charge in [-0.2, -0.15) is 0 Å². The van der Waals surface area contributed by atoms with Crippen LogP contribution >= 0.6 is 27.7 Å². The Balaban J connectivity index is 2.19. The Morgan fingerprint density at radius 3 is 2.42 bits per heavy atom. The van der Waals surface area contributed by atoms with Gasteiger partial charge in [-0.1, -0.05) is 58.0 Å². The molecule has 1 atom stereocenters. The van der Waals surface area contributed by atoms with E-state index in [-0.39, 0.29) is 10.7 Å². The molecule has 2 rings (SSSR count). The molecule has 1 N–H and O–H groups in total. The molecule has 0 bridgehead atoms. The second-order valence-corrected chi connectivity index (χ2v) is 6.51. The van der Waals surface area contributed by atoms with Crippen molar-refractivity contribution in [1.82, 2.24) is 0 Å². The Labute approximate surface area is 125 Å². The van der Waals surface area contributed by atoms with Gasteiger partial charge in [0.25, 0.3) is 0 Å². The molecule has 0 aromatic heterocycles. The molecular formula is C15H14BrNOS. The van der Waals surface area contributed by atoms with Crippen molar-refractivity contribution in [2.45, 2.75) is 21.5 Å². The van der Waals surface area contributed by atoms with E-state index >= 15 is 0 Å². The third kappa shape index (κ3) is 4.11. The summed E-state index contributed by atoms with van der Waals surface area (Å²) in [5, 5.41) is 2.92. The number of benzene rings is 2. The van der Waals surface area contributed by atoms with Gasteiger partial charge in [0.15, 0.2) is 0 Å². The molecule has 98 valence electrons. The van der Waals surface area contributed by atoms with Gasteiger partial charge in [-0.15, -0.1) is 0 Å². The molecule has 19 heavy (non-hydrogen) atoms. The Morgan fingerprint density at radius 1 is 1.11 bits per heavy atom. The lowest BCUT2D eigenvalue weighted by Crippen LogP contribution is -2.20. The molecule has 1 amide bonds. The van der Waals surface area contributed by atoms with Crippen molar-refractivity contribution in [2.24, 2.45) is 0 Å². The molecular weight excluding hydrogens is 322 g/mol. The maximum Gasteiger partial charge on any atom is 0.237 e. The number of nitrogens with one attached hydrogen (secondary N) is 1. The normalized spacial score (nSPS) is 11.9. The number of halogens is 1. The summed E-state index contributed by atoms with van der Waals surface area (Å²) in [5.41, 5.74) is 0.840. The second kappa shape index (κ2) is 6.78. The highest BCUT2D eigenvalue weighted by Gasteiger charge is 2.11. The topological polar surface area (TPSA) is 29.1 Å². The van der Waals surface area contributed by atoms with Crippen LogP contribution < -0.4 is 5.32 Å². The number of anilines is 1. The molecule has 0 radical (unpaired) electrons. The largest absolute Gasteiger partial charge is 0.324 e. The van der Waals surface area contributed by atoms with Gasteiger partial charge in [0, 0.05) is 9.79 Å². The summed E-state index contributed by atoms with van der Waals surface area (Å²) in [5.74, 6) is -0.0406. The van der Waals surface area contributed by atoms with E-state index in [1.54, 1.807) is 11.8 Å². The van der Waals surface area contributed by atoms with Crippen molar-refractivity contribution in [1.29, 1.82) is 0 Å². The number of amides is 1. The molecule has 0 spiro atoms. The number of para-hydroxylation sites is 1. The minimum Gasteiger partial charge on any atom is -0.324 e. The monoisotopic (exact) mass is 335 g/mol. The number of rotatable bonds is 4. The van der Waals surface area contributed by atoms with E-state index in [9.17, 15) is 4.79 Å². The lowest BCUT2D eigenvalue weighted by Gasteiger charge is -2.11. The van der Waals surface area contributed by atoms with E-state index in [4.69, 9.17) is 0 Å². The lowest BCUT2D eigenvalue weighted by molar-refractivity contribution is -0.115. The van der Waals surface area contributed by atoms with E-state index in [1.165, 1.54) is 0 Å². The van der Waals surface area contributed by atoms with Gasteiger partial charge in [0.1, 0.15) is 0 Å². The quantitative estimate of drug-likeness (QED) is 0.830. The zero-order valence-electron chi connectivity index (χ0n) is 10.5. The molecule has 2 nitrogen and oxygen atoms in total. The van der Waals surface area contributed by atoms with E-state index < -0.39 is 0 Å². The zero-order valence-corrected chi connectivity index (χ0v) is 12.9. The van der Waals surface area contributed by atoms with Crippen molar-refractivity contribution in [3.63, 3.8) is 0 Å². The Morgan fingerprint density at radius 2 is 1.74 bits per heavy atom. The van der Waals surface area contributed by atoms with Crippen LogP contribution in [-0.4, -0.2) is 10.7 Å². The van der Waals surface area contributed by atoms with Crippen LogP contribution in [0.2, 0.25) is 0 Å². The zero-order chi connectivity index (χ0) is 13.7. The van der Waals surface area contributed by atoms with Gasteiger partial charge in [0.2, 0.25) is 5.91 Å². The SMILES string of the molecule is CC(Br)C(=O)Nc1ccccc1Sc1ccccc1. The van der Waals surface area contributed by atoms with Gasteiger partial charge < -0.3 is 5.32 Å². The Kier molecular flexibility index (Phi) is 5.05. The molecule has 0 aliphatic rings. The van der Waals surface area contributed by atoms with Crippen molar-refractivity contribution in [3.8, 4) is 0 Å². The fraction of sp³-hybridized carbons (Fsp3) is 0.133. The van der Waals surface area contributed by atoms with Crippen LogP contribution in [0, 0.1) is 0 Å². The highest BCUT2D eigenvalue weighted by molar-refractivity contribution is 9.10. The minimum absolute atomic E-state index is 0.0406. The predicted molar refractivity (Wildman–Crippen MR) is 84.0 cm³/mol. The highest BCUT2D eigenvalue weighted by atomic mass is 79.9. The van der Waals surface area contributed by atoms with Gasteiger partial charge >= 0.3 is 0 Å². The highest BCUT2D eigenvalue weighted by Crippen LogP contribution is 2.33. The van der Waals surface area contributed by atoms with Crippen LogP contribution in [0.25, 0.3) is 0 Å². The van der Waals surface area contributed by atoms with Gasteiger partial charge in [-0.3, -0.25) is 4.79 Å². The minimum atomic E-state index is -0.206. The molecule has 0 saturated carbocycles. The molecule has 1 unspecified atom stereocenters. The molecule has 0 aliphatic heterocycles. The van der Waals surface area contributed by atoms with Crippen LogP contribution in [0.5, 0.6) is 0 Å². The maximum atomic E-state index is 11.7. The van der Waals surface area contributed by atoms with Gasteiger partial charge in [-0.05, 0) is 31.2 Å². The predicted octanol–water partition coefficient (Wildman–Crippen LogP) is 4.56.